The first-order valence-electron chi connectivity index (χ1n) is 6.48. The molecular formula is C14H10FN3O6. The largest absolute Gasteiger partial charge is 0.477 e. The Morgan fingerprint density at radius 2 is 1.75 bits per heavy atom. The standard InChI is InChI=1S/C14H10FN3O6/c15-9-1-6-12(18(22)23)13(7-9)24-8-14(19)16-10-2-4-11(5-3-10)17(20)21/h1-7H,8H2,(H,16,19). The molecule has 0 saturated heterocycles. The fourth-order valence-electron chi connectivity index (χ4n) is 1.76. The Balaban J connectivity index is 1.99. The van der Waals surface area contributed by atoms with E-state index in [2.05, 4.69) is 5.32 Å². The van der Waals surface area contributed by atoms with Crippen LogP contribution >= 0.6 is 0 Å². The number of nitro groups is 2. The van der Waals surface area contributed by atoms with Crippen molar-refractivity contribution in [1.82, 2.24) is 0 Å². The summed E-state index contributed by atoms with van der Waals surface area (Å²) in [5, 5.41) is 23.7. The molecule has 0 aliphatic carbocycles. The van der Waals surface area contributed by atoms with E-state index < -0.39 is 33.9 Å². The van der Waals surface area contributed by atoms with E-state index in [4.69, 9.17) is 4.74 Å². The van der Waals surface area contributed by atoms with Gasteiger partial charge in [0.1, 0.15) is 5.82 Å². The minimum Gasteiger partial charge on any atom is -0.477 e. The zero-order valence-corrected chi connectivity index (χ0v) is 12.0. The number of nitro benzene ring substituents is 2. The number of amides is 1. The normalized spacial score (nSPS) is 10.0. The molecule has 9 nitrogen and oxygen atoms in total. The number of non-ortho nitro benzene ring substituents is 1. The van der Waals surface area contributed by atoms with Crippen molar-refractivity contribution in [3.05, 3.63) is 68.5 Å². The predicted octanol–water partition coefficient (Wildman–Crippen LogP) is 2.66. The number of nitrogens with one attached hydrogen (secondary N) is 1. The number of nitrogens with zero attached hydrogens (tertiary/aromatic N) is 2. The second-order valence-corrected chi connectivity index (χ2v) is 4.51. The fourth-order valence-corrected chi connectivity index (χ4v) is 1.76. The van der Waals surface area contributed by atoms with Crippen LogP contribution in [0.3, 0.4) is 0 Å². The van der Waals surface area contributed by atoms with Gasteiger partial charge in [0, 0.05) is 30.0 Å². The first-order chi connectivity index (χ1) is 11.4. The SMILES string of the molecule is O=C(COc1cc(F)ccc1[N+](=O)[O-])Nc1ccc([N+](=O)[O-])cc1. The number of carbonyl (C=O) groups excluding carboxylic acids is 1. The number of anilines is 1. The molecule has 0 aliphatic heterocycles. The molecule has 1 amide bonds. The van der Waals surface area contributed by atoms with Crippen LogP contribution in [0.25, 0.3) is 0 Å². The highest BCUT2D eigenvalue weighted by Gasteiger charge is 2.17. The molecule has 0 heterocycles. The summed E-state index contributed by atoms with van der Waals surface area (Å²) >= 11 is 0. The van der Waals surface area contributed by atoms with E-state index in [1.807, 2.05) is 0 Å². The smallest absolute Gasteiger partial charge is 0.311 e. The van der Waals surface area contributed by atoms with Crippen molar-refractivity contribution >= 4 is 23.0 Å². The Kier molecular flexibility index (Phi) is 5.00. The summed E-state index contributed by atoms with van der Waals surface area (Å²) in [5.41, 5.74) is -0.331. The van der Waals surface area contributed by atoms with Crippen molar-refractivity contribution < 1.29 is 23.8 Å². The lowest BCUT2D eigenvalue weighted by Gasteiger charge is -2.08. The number of benzene rings is 2. The van der Waals surface area contributed by atoms with Gasteiger partial charge in [-0.15, -0.1) is 0 Å². The average molecular weight is 335 g/mol. The Morgan fingerprint density at radius 1 is 1.08 bits per heavy atom. The lowest BCUT2D eigenvalue weighted by atomic mass is 10.3. The van der Waals surface area contributed by atoms with Gasteiger partial charge >= 0.3 is 5.69 Å². The van der Waals surface area contributed by atoms with Gasteiger partial charge in [0.15, 0.2) is 6.61 Å². The highest BCUT2D eigenvalue weighted by atomic mass is 19.1. The number of rotatable bonds is 6. The van der Waals surface area contributed by atoms with Gasteiger partial charge in [0.05, 0.1) is 9.85 Å². The van der Waals surface area contributed by atoms with Crippen LogP contribution in [0.2, 0.25) is 0 Å². The van der Waals surface area contributed by atoms with Crippen LogP contribution in [-0.2, 0) is 4.79 Å². The molecule has 2 aromatic carbocycles. The van der Waals surface area contributed by atoms with E-state index >= 15 is 0 Å². The third kappa shape index (κ3) is 4.22. The third-order valence-electron chi connectivity index (χ3n) is 2.84. The number of hydrogen-bond acceptors (Lipinski definition) is 6. The maximum atomic E-state index is 13.1. The van der Waals surface area contributed by atoms with Crippen LogP contribution in [0.15, 0.2) is 42.5 Å². The summed E-state index contributed by atoms with van der Waals surface area (Å²) in [6, 6.07) is 7.68. The van der Waals surface area contributed by atoms with Crippen LogP contribution in [0, 0.1) is 26.0 Å². The zero-order chi connectivity index (χ0) is 17.7. The molecule has 0 radical (unpaired) electrons. The molecule has 10 heteroatoms. The summed E-state index contributed by atoms with van der Waals surface area (Å²) in [7, 11) is 0. The van der Waals surface area contributed by atoms with E-state index in [1.165, 1.54) is 24.3 Å². The van der Waals surface area contributed by atoms with Crippen LogP contribution < -0.4 is 10.1 Å². The first kappa shape index (κ1) is 16.8. The second-order valence-electron chi connectivity index (χ2n) is 4.51. The lowest BCUT2D eigenvalue weighted by Crippen LogP contribution is -2.20. The summed E-state index contributed by atoms with van der Waals surface area (Å²) in [4.78, 5) is 31.7. The minimum atomic E-state index is -0.761. The molecular weight excluding hydrogens is 325 g/mol. The quantitative estimate of drug-likeness (QED) is 0.639. The number of carbonyl (C=O) groups is 1. The number of ether oxygens (including phenoxy) is 1. The van der Waals surface area contributed by atoms with Crippen LogP contribution in [-0.4, -0.2) is 22.4 Å². The van der Waals surface area contributed by atoms with E-state index in [9.17, 15) is 29.4 Å². The molecule has 0 bridgehead atoms. The van der Waals surface area contributed by atoms with Gasteiger partial charge in [0.25, 0.3) is 11.6 Å². The van der Waals surface area contributed by atoms with Crippen LogP contribution in [0.1, 0.15) is 0 Å². The molecule has 2 aromatic rings. The van der Waals surface area contributed by atoms with Crippen molar-refractivity contribution in [3.63, 3.8) is 0 Å². The van der Waals surface area contributed by atoms with Gasteiger partial charge in [-0.2, -0.15) is 0 Å². The number of halogens is 1. The van der Waals surface area contributed by atoms with Crippen molar-refractivity contribution in [2.24, 2.45) is 0 Å². The molecule has 0 atom stereocenters. The van der Waals surface area contributed by atoms with Gasteiger partial charge in [-0.3, -0.25) is 25.0 Å². The van der Waals surface area contributed by atoms with E-state index in [0.717, 1.165) is 18.2 Å². The van der Waals surface area contributed by atoms with E-state index in [1.54, 1.807) is 0 Å². The summed E-state index contributed by atoms with van der Waals surface area (Å²) in [6.07, 6.45) is 0. The van der Waals surface area contributed by atoms with E-state index in [-0.39, 0.29) is 17.1 Å². The van der Waals surface area contributed by atoms with Gasteiger partial charge in [0.2, 0.25) is 5.75 Å². The van der Waals surface area contributed by atoms with E-state index in [0.29, 0.717) is 0 Å². The van der Waals surface area contributed by atoms with Crippen molar-refractivity contribution in [3.8, 4) is 5.75 Å². The highest BCUT2D eigenvalue weighted by molar-refractivity contribution is 5.92. The molecule has 0 aliphatic rings. The molecule has 124 valence electrons. The Bertz CT molecular complexity index is 794. The molecule has 0 aromatic heterocycles. The molecule has 0 saturated carbocycles. The molecule has 0 fully saturated rings. The Morgan fingerprint density at radius 3 is 2.33 bits per heavy atom. The third-order valence-corrected chi connectivity index (χ3v) is 2.84. The zero-order valence-electron chi connectivity index (χ0n) is 12.0. The van der Waals surface area contributed by atoms with Crippen LogP contribution in [0.5, 0.6) is 5.75 Å². The van der Waals surface area contributed by atoms with Crippen molar-refractivity contribution in [2.75, 3.05) is 11.9 Å². The molecule has 0 spiro atoms. The molecule has 24 heavy (non-hydrogen) atoms. The summed E-state index contributed by atoms with van der Waals surface area (Å²) in [6.45, 7) is -0.596. The predicted molar refractivity (Wildman–Crippen MR) is 80.3 cm³/mol. The van der Waals surface area contributed by atoms with Gasteiger partial charge in [-0.05, 0) is 18.2 Å². The maximum Gasteiger partial charge on any atom is 0.311 e. The van der Waals surface area contributed by atoms with Gasteiger partial charge in [-0.1, -0.05) is 0 Å². The highest BCUT2D eigenvalue weighted by Crippen LogP contribution is 2.27. The summed E-state index contributed by atoms with van der Waals surface area (Å²) < 4.78 is 18.1. The first-order valence-corrected chi connectivity index (χ1v) is 6.48. The van der Waals surface area contributed by atoms with Crippen molar-refractivity contribution in [1.29, 1.82) is 0 Å². The van der Waals surface area contributed by atoms with Gasteiger partial charge in [-0.25, -0.2) is 4.39 Å². The molecule has 1 N–H and O–H groups in total. The Labute approximate surface area is 134 Å². The summed E-state index contributed by atoms with van der Waals surface area (Å²) in [5.74, 6) is -1.78. The van der Waals surface area contributed by atoms with Crippen molar-refractivity contribution in [2.45, 2.75) is 0 Å². The second kappa shape index (κ2) is 7.13. The lowest BCUT2D eigenvalue weighted by molar-refractivity contribution is -0.385. The monoisotopic (exact) mass is 335 g/mol. The fraction of sp³-hybridized carbons (Fsp3) is 0.0714. The number of hydrogen-bond donors (Lipinski definition) is 1. The minimum absolute atomic E-state index is 0.139. The Hall–Kier alpha value is -3.56. The topological polar surface area (TPSA) is 125 Å². The molecule has 0 unspecified atom stereocenters. The average Bonchev–Trinajstić information content (AvgIpc) is 2.53. The molecule has 2 rings (SSSR count). The van der Waals surface area contributed by atoms with Crippen LogP contribution in [0.4, 0.5) is 21.5 Å². The van der Waals surface area contributed by atoms with Gasteiger partial charge < -0.3 is 10.1 Å². The maximum absolute atomic E-state index is 13.1.